The molecule has 0 fully saturated rings. The second-order valence-electron chi connectivity index (χ2n) is 8.34. The zero-order chi connectivity index (χ0) is 23.6. The van der Waals surface area contributed by atoms with Gasteiger partial charge in [-0.1, -0.05) is 91.3 Å². The molecule has 4 nitrogen and oxygen atoms in total. The van der Waals surface area contributed by atoms with Crippen molar-refractivity contribution in [2.45, 2.75) is 51.7 Å². The highest BCUT2D eigenvalue weighted by molar-refractivity contribution is 6.30. The second kappa shape index (κ2) is 12.2. The highest BCUT2D eigenvalue weighted by Crippen LogP contribution is 2.19. The van der Waals surface area contributed by atoms with E-state index >= 15 is 0 Å². The van der Waals surface area contributed by atoms with Crippen LogP contribution in [0.3, 0.4) is 0 Å². The highest BCUT2D eigenvalue weighted by Gasteiger charge is 2.31. The van der Waals surface area contributed by atoms with Crippen LogP contribution >= 0.6 is 11.6 Å². The molecule has 2 amide bonds. The van der Waals surface area contributed by atoms with Gasteiger partial charge in [0, 0.05) is 24.0 Å². The Hall–Kier alpha value is -3.11. The smallest absolute Gasteiger partial charge is 0.243 e. The number of amides is 2. The molecule has 3 rings (SSSR count). The van der Waals surface area contributed by atoms with Crippen LogP contribution in [0.2, 0.25) is 5.02 Å². The predicted octanol–water partition coefficient (Wildman–Crippen LogP) is 5.44. The molecular weight excluding hydrogens is 432 g/mol. The molecule has 1 N–H and O–H groups in total. The van der Waals surface area contributed by atoms with Crippen molar-refractivity contribution in [2.75, 3.05) is 0 Å². The van der Waals surface area contributed by atoms with Gasteiger partial charge < -0.3 is 10.2 Å². The molecule has 0 bridgehead atoms. The number of nitrogens with one attached hydrogen (secondary N) is 1. The van der Waals surface area contributed by atoms with Crippen LogP contribution in [0.25, 0.3) is 0 Å². The normalized spacial score (nSPS) is 12.6. The van der Waals surface area contributed by atoms with E-state index in [1.54, 1.807) is 11.0 Å². The summed E-state index contributed by atoms with van der Waals surface area (Å²) < 4.78 is 0. The second-order valence-corrected chi connectivity index (χ2v) is 8.77. The predicted molar refractivity (Wildman–Crippen MR) is 134 cm³/mol. The summed E-state index contributed by atoms with van der Waals surface area (Å²) in [5.41, 5.74) is 2.81. The maximum atomic E-state index is 13.6. The number of halogens is 1. The van der Waals surface area contributed by atoms with Gasteiger partial charge >= 0.3 is 0 Å². The van der Waals surface area contributed by atoms with Crippen molar-refractivity contribution < 1.29 is 9.59 Å². The molecule has 0 heterocycles. The van der Waals surface area contributed by atoms with Gasteiger partial charge in [-0.05, 0) is 42.2 Å². The van der Waals surface area contributed by atoms with Gasteiger partial charge in [-0.2, -0.15) is 0 Å². The number of hydrogen-bond donors (Lipinski definition) is 1. The molecule has 0 aliphatic carbocycles. The van der Waals surface area contributed by atoms with Crippen LogP contribution < -0.4 is 5.32 Å². The Labute approximate surface area is 201 Å². The molecule has 0 aromatic heterocycles. The molecular formula is C28H31ClN2O2. The van der Waals surface area contributed by atoms with Crippen molar-refractivity contribution >= 4 is 23.4 Å². The molecule has 2 atom stereocenters. The van der Waals surface area contributed by atoms with Crippen LogP contribution in [0.5, 0.6) is 0 Å². The number of rotatable bonds is 10. The third kappa shape index (κ3) is 7.47. The lowest BCUT2D eigenvalue weighted by molar-refractivity contribution is -0.141. The van der Waals surface area contributed by atoms with Crippen LogP contribution in [0.1, 0.15) is 37.0 Å². The summed E-state index contributed by atoms with van der Waals surface area (Å²) >= 11 is 6.21. The zero-order valence-corrected chi connectivity index (χ0v) is 20.0. The average Bonchev–Trinajstić information content (AvgIpc) is 2.82. The third-order valence-electron chi connectivity index (χ3n) is 5.71. The van der Waals surface area contributed by atoms with Gasteiger partial charge in [-0.3, -0.25) is 9.59 Å². The molecule has 0 saturated heterocycles. The summed E-state index contributed by atoms with van der Waals surface area (Å²) in [6.07, 6.45) is 1.48. The quantitative estimate of drug-likeness (QED) is 0.436. The van der Waals surface area contributed by atoms with Gasteiger partial charge in [0.15, 0.2) is 0 Å². The lowest BCUT2D eigenvalue weighted by Crippen LogP contribution is -2.52. The van der Waals surface area contributed by atoms with Crippen molar-refractivity contribution in [3.8, 4) is 0 Å². The topological polar surface area (TPSA) is 49.4 Å². The van der Waals surface area contributed by atoms with E-state index in [0.29, 0.717) is 18.0 Å². The standard InChI is InChI=1S/C28H31ClN2O2/c1-3-21(2)30-28(33)26(18-22-11-6-4-7-12-22)31(20-24-15-10-16-25(29)17-24)27(32)19-23-13-8-5-9-14-23/h4-17,21,26H,3,18-20H2,1-2H3,(H,30,33)/t21-,26+/m0/s1. The Morgan fingerprint density at radius 3 is 2.09 bits per heavy atom. The maximum absolute atomic E-state index is 13.6. The van der Waals surface area contributed by atoms with Crippen LogP contribution in [0.4, 0.5) is 0 Å². The Morgan fingerprint density at radius 1 is 0.879 bits per heavy atom. The van der Waals surface area contributed by atoms with Gasteiger partial charge in [0.25, 0.3) is 0 Å². The highest BCUT2D eigenvalue weighted by atomic mass is 35.5. The fraction of sp³-hybridized carbons (Fsp3) is 0.286. The molecule has 0 saturated carbocycles. The van der Waals surface area contributed by atoms with Crippen molar-refractivity contribution in [3.63, 3.8) is 0 Å². The fourth-order valence-corrected chi connectivity index (χ4v) is 3.91. The molecule has 5 heteroatoms. The van der Waals surface area contributed by atoms with Gasteiger partial charge in [-0.25, -0.2) is 0 Å². The van der Waals surface area contributed by atoms with Crippen molar-refractivity contribution in [1.82, 2.24) is 10.2 Å². The van der Waals surface area contributed by atoms with Crippen LogP contribution in [0, 0.1) is 0 Å². The lowest BCUT2D eigenvalue weighted by atomic mass is 10.0. The Balaban J connectivity index is 1.96. The molecule has 0 spiro atoms. The first kappa shape index (κ1) is 24.5. The van der Waals surface area contributed by atoms with E-state index in [-0.39, 0.29) is 24.3 Å². The van der Waals surface area contributed by atoms with Crippen molar-refractivity contribution in [1.29, 1.82) is 0 Å². The van der Waals surface area contributed by atoms with E-state index in [2.05, 4.69) is 5.32 Å². The molecule has 0 radical (unpaired) electrons. The first-order chi connectivity index (χ1) is 16.0. The Bertz CT molecular complexity index is 1040. The first-order valence-electron chi connectivity index (χ1n) is 11.4. The number of benzene rings is 3. The van der Waals surface area contributed by atoms with Crippen molar-refractivity contribution in [3.05, 3.63) is 107 Å². The zero-order valence-electron chi connectivity index (χ0n) is 19.2. The molecule has 172 valence electrons. The Kier molecular flexibility index (Phi) is 9.08. The maximum Gasteiger partial charge on any atom is 0.243 e. The molecule has 3 aromatic rings. The van der Waals surface area contributed by atoms with Gasteiger partial charge in [0.1, 0.15) is 6.04 Å². The van der Waals surface area contributed by atoms with Crippen LogP contribution in [0.15, 0.2) is 84.9 Å². The number of carbonyl (C=O) groups is 2. The summed E-state index contributed by atoms with van der Waals surface area (Å²) in [4.78, 5) is 28.7. The first-order valence-corrected chi connectivity index (χ1v) is 11.8. The van der Waals surface area contributed by atoms with Gasteiger partial charge in [0.2, 0.25) is 11.8 Å². The van der Waals surface area contributed by atoms with E-state index in [1.165, 1.54) is 0 Å². The van der Waals surface area contributed by atoms with E-state index in [1.807, 2.05) is 92.7 Å². The fourth-order valence-electron chi connectivity index (χ4n) is 3.70. The van der Waals surface area contributed by atoms with E-state index in [0.717, 1.165) is 23.1 Å². The lowest BCUT2D eigenvalue weighted by Gasteiger charge is -2.32. The van der Waals surface area contributed by atoms with Gasteiger partial charge in [0.05, 0.1) is 6.42 Å². The third-order valence-corrected chi connectivity index (χ3v) is 5.95. The minimum absolute atomic E-state index is 0.0213. The minimum atomic E-state index is -0.642. The molecule has 3 aromatic carbocycles. The monoisotopic (exact) mass is 462 g/mol. The van der Waals surface area contributed by atoms with E-state index < -0.39 is 6.04 Å². The van der Waals surface area contributed by atoms with Crippen LogP contribution in [-0.2, 0) is 29.0 Å². The summed E-state index contributed by atoms with van der Waals surface area (Å²) in [6.45, 7) is 4.31. The molecule has 0 aliphatic rings. The summed E-state index contributed by atoms with van der Waals surface area (Å²) in [5, 5.41) is 3.69. The molecule has 0 aliphatic heterocycles. The van der Waals surface area contributed by atoms with E-state index in [4.69, 9.17) is 11.6 Å². The summed E-state index contributed by atoms with van der Waals surface area (Å²) in [5.74, 6) is -0.238. The SMILES string of the molecule is CC[C@H](C)NC(=O)[C@@H](Cc1ccccc1)N(Cc1cccc(Cl)c1)C(=O)Cc1ccccc1. The molecule has 33 heavy (non-hydrogen) atoms. The Morgan fingerprint density at radius 2 is 1.48 bits per heavy atom. The van der Waals surface area contributed by atoms with Crippen molar-refractivity contribution in [2.24, 2.45) is 0 Å². The van der Waals surface area contributed by atoms with E-state index in [9.17, 15) is 9.59 Å². The van der Waals surface area contributed by atoms with Gasteiger partial charge in [-0.15, -0.1) is 0 Å². The number of hydrogen-bond acceptors (Lipinski definition) is 2. The summed E-state index contributed by atoms with van der Waals surface area (Å²) in [6, 6.07) is 26.3. The molecule has 0 unspecified atom stereocenters. The number of nitrogens with zero attached hydrogens (tertiary/aromatic N) is 1. The van der Waals surface area contributed by atoms with Crippen LogP contribution in [-0.4, -0.2) is 28.8 Å². The number of carbonyl (C=O) groups excluding carboxylic acids is 2. The average molecular weight is 463 g/mol. The summed E-state index contributed by atoms with van der Waals surface area (Å²) in [7, 11) is 0. The largest absolute Gasteiger partial charge is 0.352 e. The minimum Gasteiger partial charge on any atom is -0.352 e.